The van der Waals surface area contributed by atoms with E-state index in [9.17, 15) is 18.0 Å². The number of benzene rings is 1. The van der Waals surface area contributed by atoms with Gasteiger partial charge in [0.25, 0.3) is 5.91 Å². The van der Waals surface area contributed by atoms with Crippen molar-refractivity contribution in [2.45, 2.75) is 57.3 Å². The van der Waals surface area contributed by atoms with E-state index >= 15 is 0 Å². The third-order valence-electron chi connectivity index (χ3n) is 7.69. The van der Waals surface area contributed by atoms with E-state index in [-0.39, 0.29) is 17.5 Å². The molecule has 0 spiro atoms. The van der Waals surface area contributed by atoms with E-state index in [1.54, 1.807) is 4.90 Å². The summed E-state index contributed by atoms with van der Waals surface area (Å²) >= 11 is 0. The quantitative estimate of drug-likeness (QED) is 0.375. The number of pyridine rings is 1. The minimum atomic E-state index is -4.52. The van der Waals surface area contributed by atoms with Gasteiger partial charge in [-0.1, -0.05) is 0 Å². The van der Waals surface area contributed by atoms with Gasteiger partial charge in [-0.05, 0) is 82.0 Å². The van der Waals surface area contributed by atoms with Gasteiger partial charge < -0.3 is 19.1 Å². The van der Waals surface area contributed by atoms with Crippen molar-refractivity contribution < 1.29 is 22.7 Å². The standard InChI is InChI=1S/C28H33F3N4O2/c1-20-4-2-12-33(20)13-3-17-37-24-6-7-25-21(18-24)9-16-35(25)23-10-14-34(15-11-23)27(36)22-5-8-26(32-19-22)28(29,30)31/h5-9,16,18-20,23H,2-4,10-15,17H2,1H3/t20-/m1/s1. The highest BCUT2D eigenvalue weighted by Crippen LogP contribution is 2.31. The summed E-state index contributed by atoms with van der Waals surface area (Å²) in [6, 6.07) is 11.3. The molecule has 6 nitrogen and oxygen atoms in total. The van der Waals surface area contributed by atoms with Crippen LogP contribution in [0, 0.1) is 0 Å². The molecule has 3 aromatic rings. The Hall–Kier alpha value is -3.07. The van der Waals surface area contributed by atoms with Crippen molar-refractivity contribution in [3.8, 4) is 5.75 Å². The second-order valence-corrected chi connectivity index (χ2v) is 10.1. The van der Waals surface area contributed by atoms with Crippen LogP contribution in [0.5, 0.6) is 5.75 Å². The predicted molar refractivity (Wildman–Crippen MR) is 136 cm³/mol. The van der Waals surface area contributed by atoms with Crippen LogP contribution in [0.15, 0.2) is 48.8 Å². The Morgan fingerprint density at radius 3 is 2.57 bits per heavy atom. The second-order valence-electron chi connectivity index (χ2n) is 10.1. The lowest BCUT2D eigenvalue weighted by Crippen LogP contribution is -2.39. The summed E-state index contributed by atoms with van der Waals surface area (Å²) in [5, 5.41) is 1.12. The highest BCUT2D eigenvalue weighted by molar-refractivity contribution is 5.94. The van der Waals surface area contributed by atoms with Gasteiger partial charge in [-0.3, -0.25) is 9.78 Å². The van der Waals surface area contributed by atoms with Gasteiger partial charge in [-0.25, -0.2) is 0 Å². The van der Waals surface area contributed by atoms with Crippen molar-refractivity contribution in [1.29, 1.82) is 0 Å². The largest absolute Gasteiger partial charge is 0.494 e. The predicted octanol–water partition coefficient (Wildman–Crippen LogP) is 5.79. The SMILES string of the molecule is C[C@@H]1CCCN1CCCOc1ccc2c(ccn2C2CCN(C(=O)c3ccc(C(F)(F)F)nc3)CC2)c1. The van der Waals surface area contributed by atoms with Crippen molar-refractivity contribution in [3.05, 3.63) is 60.0 Å². The normalized spacial score (nSPS) is 19.6. The van der Waals surface area contributed by atoms with Crippen LogP contribution in [0.4, 0.5) is 13.2 Å². The van der Waals surface area contributed by atoms with Gasteiger partial charge >= 0.3 is 6.18 Å². The highest BCUT2D eigenvalue weighted by Gasteiger charge is 2.33. The molecule has 2 saturated heterocycles. The van der Waals surface area contributed by atoms with Crippen molar-refractivity contribution in [3.63, 3.8) is 0 Å². The average Bonchev–Trinajstić information content (AvgIpc) is 3.51. The van der Waals surface area contributed by atoms with Crippen molar-refractivity contribution in [1.82, 2.24) is 19.4 Å². The molecule has 2 aromatic heterocycles. The fraction of sp³-hybridized carbons (Fsp3) is 0.500. The summed E-state index contributed by atoms with van der Waals surface area (Å²) in [7, 11) is 0. The van der Waals surface area contributed by atoms with Crippen LogP contribution < -0.4 is 4.74 Å². The van der Waals surface area contributed by atoms with Crippen molar-refractivity contribution in [2.75, 3.05) is 32.8 Å². The Morgan fingerprint density at radius 1 is 1.08 bits per heavy atom. The van der Waals surface area contributed by atoms with Gasteiger partial charge in [-0.2, -0.15) is 13.2 Å². The first kappa shape index (κ1) is 25.6. The van der Waals surface area contributed by atoms with E-state index in [1.165, 1.54) is 25.5 Å². The number of carbonyl (C=O) groups excluding carboxylic acids is 1. The maximum Gasteiger partial charge on any atom is 0.433 e. The third-order valence-corrected chi connectivity index (χ3v) is 7.69. The molecule has 0 bridgehead atoms. The van der Waals surface area contributed by atoms with Crippen molar-refractivity contribution >= 4 is 16.8 Å². The fourth-order valence-corrected chi connectivity index (χ4v) is 5.55. The molecule has 1 aromatic carbocycles. The highest BCUT2D eigenvalue weighted by atomic mass is 19.4. The lowest BCUT2D eigenvalue weighted by atomic mass is 10.0. The van der Waals surface area contributed by atoms with Crippen LogP contribution in [0.3, 0.4) is 0 Å². The summed E-state index contributed by atoms with van der Waals surface area (Å²) < 4.78 is 46.5. The molecule has 0 radical (unpaired) electrons. The van der Waals surface area contributed by atoms with Crippen LogP contribution in [-0.2, 0) is 6.18 Å². The van der Waals surface area contributed by atoms with E-state index in [1.807, 2.05) is 6.07 Å². The Kier molecular flexibility index (Phi) is 7.42. The van der Waals surface area contributed by atoms with Crippen LogP contribution >= 0.6 is 0 Å². The van der Waals surface area contributed by atoms with Gasteiger partial charge in [-0.15, -0.1) is 0 Å². The first-order valence-electron chi connectivity index (χ1n) is 13.1. The smallest absolute Gasteiger partial charge is 0.433 e. The number of fused-ring (bicyclic) bond motifs is 1. The lowest BCUT2D eigenvalue weighted by Gasteiger charge is -2.33. The monoisotopic (exact) mass is 514 g/mol. The first-order valence-corrected chi connectivity index (χ1v) is 13.1. The minimum absolute atomic E-state index is 0.181. The van der Waals surface area contributed by atoms with E-state index in [2.05, 4.69) is 45.8 Å². The zero-order valence-corrected chi connectivity index (χ0v) is 21.1. The average molecular weight is 515 g/mol. The molecule has 37 heavy (non-hydrogen) atoms. The number of hydrogen-bond donors (Lipinski definition) is 0. The lowest BCUT2D eigenvalue weighted by molar-refractivity contribution is -0.141. The maximum absolute atomic E-state index is 12.8. The van der Waals surface area contributed by atoms with Gasteiger partial charge in [0, 0.05) is 55.0 Å². The molecule has 0 unspecified atom stereocenters. The zero-order chi connectivity index (χ0) is 26.0. The van der Waals surface area contributed by atoms with Gasteiger partial charge in [0.15, 0.2) is 0 Å². The second kappa shape index (κ2) is 10.7. The number of hydrogen-bond acceptors (Lipinski definition) is 4. The Labute approximate surface area is 215 Å². The number of ether oxygens (including phenoxy) is 1. The number of aromatic nitrogens is 2. The molecule has 5 rings (SSSR count). The molecule has 2 aliphatic rings. The topological polar surface area (TPSA) is 50.6 Å². The first-order chi connectivity index (χ1) is 17.8. The Bertz CT molecular complexity index is 1220. The molecule has 2 aliphatic heterocycles. The number of alkyl halides is 3. The van der Waals surface area contributed by atoms with Crippen LogP contribution in [0.2, 0.25) is 0 Å². The molecular weight excluding hydrogens is 481 g/mol. The van der Waals surface area contributed by atoms with Gasteiger partial charge in [0.2, 0.25) is 0 Å². The van der Waals surface area contributed by atoms with Crippen LogP contribution in [0.25, 0.3) is 10.9 Å². The molecule has 2 fully saturated rings. The molecule has 198 valence electrons. The van der Waals surface area contributed by atoms with Crippen LogP contribution in [-0.4, -0.2) is 64.1 Å². The number of halogens is 3. The van der Waals surface area contributed by atoms with Gasteiger partial charge in [0.05, 0.1) is 12.2 Å². The summed E-state index contributed by atoms with van der Waals surface area (Å²) in [5.74, 6) is 0.600. The van der Waals surface area contributed by atoms with E-state index in [0.717, 1.165) is 54.7 Å². The van der Waals surface area contributed by atoms with E-state index in [0.29, 0.717) is 25.7 Å². The molecule has 0 aliphatic carbocycles. The fourth-order valence-electron chi connectivity index (χ4n) is 5.55. The number of likely N-dealkylation sites (tertiary alicyclic amines) is 2. The summed E-state index contributed by atoms with van der Waals surface area (Å²) in [5.41, 5.74) is 0.322. The van der Waals surface area contributed by atoms with E-state index in [4.69, 9.17) is 4.74 Å². The number of piperidine rings is 1. The molecule has 9 heteroatoms. The molecule has 1 amide bonds. The van der Waals surface area contributed by atoms with Gasteiger partial charge in [0.1, 0.15) is 11.4 Å². The zero-order valence-electron chi connectivity index (χ0n) is 21.1. The maximum atomic E-state index is 12.8. The molecule has 4 heterocycles. The molecular formula is C28H33F3N4O2. The van der Waals surface area contributed by atoms with E-state index < -0.39 is 11.9 Å². The molecule has 1 atom stereocenters. The Morgan fingerprint density at radius 2 is 1.89 bits per heavy atom. The molecule has 0 N–H and O–H groups in total. The third kappa shape index (κ3) is 5.76. The van der Waals surface area contributed by atoms with Crippen molar-refractivity contribution in [2.24, 2.45) is 0 Å². The summed E-state index contributed by atoms with van der Waals surface area (Å²) in [6.07, 6.45) is 3.74. The number of nitrogens with zero attached hydrogens (tertiary/aromatic N) is 4. The summed E-state index contributed by atoms with van der Waals surface area (Å²) in [4.78, 5) is 20.4. The minimum Gasteiger partial charge on any atom is -0.494 e. The number of amides is 1. The van der Waals surface area contributed by atoms with Crippen LogP contribution in [0.1, 0.15) is 61.1 Å². The molecule has 0 saturated carbocycles. The number of carbonyl (C=O) groups is 1. The number of rotatable bonds is 7. The summed E-state index contributed by atoms with van der Waals surface area (Å²) in [6.45, 7) is 6.36. The Balaban J connectivity index is 1.14.